The molecular weight excluding hydrogens is 307 g/mol. The molecule has 0 spiro atoms. The summed E-state index contributed by atoms with van der Waals surface area (Å²) in [6, 6.07) is 14.0. The maximum absolute atomic E-state index is 13.7. The van der Waals surface area contributed by atoms with Crippen LogP contribution in [0, 0.1) is 5.82 Å². The molecule has 118 valence electrons. The number of fused-ring (bicyclic) bond motifs is 1. The van der Waals surface area contributed by atoms with Crippen molar-refractivity contribution >= 4 is 5.78 Å². The zero-order valence-electron chi connectivity index (χ0n) is 12.8. The van der Waals surface area contributed by atoms with E-state index in [2.05, 4.69) is 15.2 Å². The number of nitrogens with zero attached hydrogens (tertiary/aromatic N) is 4. The van der Waals surface area contributed by atoms with E-state index < -0.39 is 0 Å². The first-order valence-electron chi connectivity index (χ1n) is 7.36. The molecule has 6 heteroatoms. The van der Waals surface area contributed by atoms with Gasteiger partial charge in [-0.25, -0.2) is 9.37 Å². The van der Waals surface area contributed by atoms with Crippen molar-refractivity contribution in [2.75, 3.05) is 7.11 Å². The molecule has 2 aromatic carbocycles. The van der Waals surface area contributed by atoms with Gasteiger partial charge >= 0.3 is 0 Å². The van der Waals surface area contributed by atoms with E-state index in [9.17, 15) is 4.39 Å². The van der Waals surface area contributed by atoms with E-state index in [1.54, 1.807) is 30.0 Å². The van der Waals surface area contributed by atoms with Gasteiger partial charge in [0.15, 0.2) is 0 Å². The van der Waals surface area contributed by atoms with Gasteiger partial charge in [-0.3, -0.25) is 4.40 Å². The molecule has 4 aromatic rings. The third kappa shape index (κ3) is 2.38. The summed E-state index contributed by atoms with van der Waals surface area (Å²) in [6.07, 6.45) is 3.35. The second kappa shape index (κ2) is 5.73. The summed E-state index contributed by atoms with van der Waals surface area (Å²) in [5.74, 6) is 0.919. The number of hydrogen-bond donors (Lipinski definition) is 0. The molecule has 0 bridgehead atoms. The molecule has 4 rings (SSSR count). The van der Waals surface area contributed by atoms with Crippen LogP contribution < -0.4 is 4.74 Å². The molecule has 2 aromatic heterocycles. The monoisotopic (exact) mass is 320 g/mol. The summed E-state index contributed by atoms with van der Waals surface area (Å²) in [4.78, 5) is 4.57. The molecule has 0 saturated carbocycles. The molecule has 0 N–H and O–H groups in total. The summed E-state index contributed by atoms with van der Waals surface area (Å²) in [7, 11) is 1.62. The van der Waals surface area contributed by atoms with E-state index in [0.717, 1.165) is 22.6 Å². The highest BCUT2D eigenvalue weighted by Gasteiger charge is 2.17. The number of methoxy groups -OCH3 is 1. The highest BCUT2D eigenvalue weighted by molar-refractivity contribution is 5.81. The van der Waals surface area contributed by atoms with Gasteiger partial charge in [-0.2, -0.15) is 5.10 Å². The molecule has 2 heterocycles. The Kier molecular flexibility index (Phi) is 3.42. The Morgan fingerprint density at radius 2 is 1.88 bits per heavy atom. The lowest BCUT2D eigenvalue weighted by Gasteiger charge is -2.06. The second-order valence-electron chi connectivity index (χ2n) is 5.23. The van der Waals surface area contributed by atoms with Gasteiger partial charge in [0, 0.05) is 17.3 Å². The van der Waals surface area contributed by atoms with Crippen molar-refractivity contribution in [3.8, 4) is 28.3 Å². The zero-order valence-corrected chi connectivity index (χ0v) is 12.8. The number of rotatable bonds is 3. The Morgan fingerprint density at radius 3 is 2.62 bits per heavy atom. The maximum atomic E-state index is 13.7. The van der Waals surface area contributed by atoms with E-state index in [0.29, 0.717) is 11.5 Å². The molecule has 0 radical (unpaired) electrons. The van der Waals surface area contributed by atoms with Gasteiger partial charge < -0.3 is 4.74 Å². The highest BCUT2D eigenvalue weighted by Crippen LogP contribution is 2.33. The van der Waals surface area contributed by atoms with Crippen LogP contribution in [0.3, 0.4) is 0 Å². The minimum atomic E-state index is -0.301. The summed E-state index contributed by atoms with van der Waals surface area (Å²) < 4.78 is 20.7. The lowest BCUT2D eigenvalue weighted by Crippen LogP contribution is -1.93. The summed E-state index contributed by atoms with van der Waals surface area (Å²) in [6.45, 7) is 0. The van der Waals surface area contributed by atoms with Crippen LogP contribution in [0.5, 0.6) is 5.75 Å². The molecule has 0 aliphatic heterocycles. The van der Waals surface area contributed by atoms with Crippen LogP contribution in [0.1, 0.15) is 0 Å². The van der Waals surface area contributed by atoms with Gasteiger partial charge in [0.25, 0.3) is 5.78 Å². The smallest absolute Gasteiger partial charge is 0.254 e. The molecule has 0 fully saturated rings. The third-order valence-corrected chi connectivity index (χ3v) is 3.78. The second-order valence-corrected chi connectivity index (χ2v) is 5.23. The van der Waals surface area contributed by atoms with Gasteiger partial charge in [-0.1, -0.05) is 12.1 Å². The first-order chi connectivity index (χ1) is 11.8. The Bertz CT molecular complexity index is 1010. The van der Waals surface area contributed by atoms with E-state index in [-0.39, 0.29) is 5.82 Å². The largest absolute Gasteiger partial charge is 0.497 e. The number of halogens is 1. The molecule has 0 saturated heterocycles. The first-order valence-corrected chi connectivity index (χ1v) is 7.36. The van der Waals surface area contributed by atoms with E-state index in [1.165, 1.54) is 12.1 Å². The molecule has 5 nitrogen and oxygen atoms in total. The van der Waals surface area contributed by atoms with Crippen molar-refractivity contribution in [2.24, 2.45) is 0 Å². The molecular formula is C18H13FN4O. The Balaban J connectivity index is 1.99. The minimum absolute atomic E-state index is 0.301. The predicted octanol–water partition coefficient (Wildman–Crippen LogP) is 3.61. The van der Waals surface area contributed by atoms with Crippen LogP contribution in [0.15, 0.2) is 60.9 Å². The Morgan fingerprint density at radius 1 is 1.04 bits per heavy atom. The number of ether oxygens (including phenoxy) is 1. The SMILES string of the molecule is COc1ccc(-c2nc3nnccn3c2-c2cccc(F)c2)cc1. The summed E-state index contributed by atoms with van der Waals surface area (Å²) >= 11 is 0. The quantitative estimate of drug-likeness (QED) is 0.579. The van der Waals surface area contributed by atoms with E-state index in [1.807, 2.05) is 30.3 Å². The zero-order chi connectivity index (χ0) is 16.5. The number of hydrogen-bond acceptors (Lipinski definition) is 4. The van der Waals surface area contributed by atoms with Gasteiger partial charge in [0.1, 0.15) is 11.6 Å². The van der Waals surface area contributed by atoms with Crippen molar-refractivity contribution in [3.05, 3.63) is 66.7 Å². The van der Waals surface area contributed by atoms with Gasteiger partial charge in [-0.05, 0) is 36.4 Å². The number of aromatic nitrogens is 4. The Hall–Kier alpha value is -3.28. The number of imidazole rings is 1. The van der Waals surface area contributed by atoms with Crippen LogP contribution in [-0.2, 0) is 0 Å². The third-order valence-electron chi connectivity index (χ3n) is 3.78. The molecule has 0 amide bonds. The van der Waals surface area contributed by atoms with Crippen molar-refractivity contribution in [3.63, 3.8) is 0 Å². The molecule has 0 aliphatic rings. The fourth-order valence-corrected chi connectivity index (χ4v) is 2.68. The molecule has 0 atom stereocenters. The van der Waals surface area contributed by atoms with Crippen LogP contribution in [0.2, 0.25) is 0 Å². The van der Waals surface area contributed by atoms with Gasteiger partial charge in [0.05, 0.1) is 24.7 Å². The van der Waals surface area contributed by atoms with Crippen LogP contribution in [0.4, 0.5) is 4.39 Å². The molecule has 0 unspecified atom stereocenters. The fourth-order valence-electron chi connectivity index (χ4n) is 2.68. The summed E-state index contributed by atoms with van der Waals surface area (Å²) in [5.41, 5.74) is 3.09. The normalized spacial score (nSPS) is 10.9. The lowest BCUT2D eigenvalue weighted by molar-refractivity contribution is 0.415. The van der Waals surface area contributed by atoms with E-state index in [4.69, 9.17) is 4.74 Å². The van der Waals surface area contributed by atoms with Crippen LogP contribution >= 0.6 is 0 Å². The average molecular weight is 320 g/mol. The predicted molar refractivity (Wildman–Crippen MR) is 88.2 cm³/mol. The highest BCUT2D eigenvalue weighted by atomic mass is 19.1. The van der Waals surface area contributed by atoms with Crippen molar-refractivity contribution in [1.29, 1.82) is 0 Å². The maximum Gasteiger partial charge on any atom is 0.254 e. The minimum Gasteiger partial charge on any atom is -0.497 e. The molecule has 0 aliphatic carbocycles. The average Bonchev–Trinajstić information content (AvgIpc) is 3.01. The van der Waals surface area contributed by atoms with Crippen molar-refractivity contribution in [2.45, 2.75) is 0 Å². The molecule has 24 heavy (non-hydrogen) atoms. The van der Waals surface area contributed by atoms with Crippen LogP contribution in [0.25, 0.3) is 28.3 Å². The van der Waals surface area contributed by atoms with Crippen molar-refractivity contribution in [1.82, 2.24) is 19.6 Å². The Labute approximate surface area is 137 Å². The number of benzene rings is 2. The standard InChI is InChI=1S/C18H13FN4O/c1-24-15-7-5-12(6-8-15)16-17(13-3-2-4-14(19)11-13)23-10-9-20-22-18(23)21-16/h2-11H,1H3. The summed E-state index contributed by atoms with van der Waals surface area (Å²) in [5, 5.41) is 7.93. The van der Waals surface area contributed by atoms with Gasteiger partial charge in [-0.15, -0.1) is 5.10 Å². The van der Waals surface area contributed by atoms with E-state index >= 15 is 0 Å². The van der Waals surface area contributed by atoms with Gasteiger partial charge in [0.2, 0.25) is 0 Å². The first kappa shape index (κ1) is 14.3. The van der Waals surface area contributed by atoms with Crippen molar-refractivity contribution < 1.29 is 9.13 Å². The fraction of sp³-hybridized carbons (Fsp3) is 0.0556. The van der Waals surface area contributed by atoms with Crippen LogP contribution in [-0.4, -0.2) is 26.7 Å². The lowest BCUT2D eigenvalue weighted by atomic mass is 10.0. The topological polar surface area (TPSA) is 52.3 Å².